The van der Waals surface area contributed by atoms with E-state index in [4.69, 9.17) is 14.2 Å². The van der Waals surface area contributed by atoms with E-state index in [2.05, 4.69) is 40.7 Å². The van der Waals surface area contributed by atoms with Crippen LogP contribution >= 0.6 is 11.3 Å². The number of hydrogen-bond donors (Lipinski definition) is 1. The van der Waals surface area contributed by atoms with E-state index in [1.165, 1.54) is 16.0 Å². The van der Waals surface area contributed by atoms with Gasteiger partial charge in [0.1, 0.15) is 0 Å². The smallest absolute Gasteiger partial charge is 0.203 e. The van der Waals surface area contributed by atoms with E-state index in [0.29, 0.717) is 17.2 Å². The van der Waals surface area contributed by atoms with Crippen molar-refractivity contribution in [2.45, 2.75) is 13.0 Å². The second-order valence-electron chi connectivity index (χ2n) is 6.17. The summed E-state index contributed by atoms with van der Waals surface area (Å²) in [5.41, 5.74) is 2.46. The Balaban J connectivity index is 2.09. The third-order valence-corrected chi connectivity index (χ3v) is 5.64. The zero-order valence-electron chi connectivity index (χ0n) is 15.3. The Hall–Kier alpha value is -1.76. The Morgan fingerprint density at radius 3 is 2.12 bits per heavy atom. The van der Waals surface area contributed by atoms with Crippen molar-refractivity contribution in [3.05, 3.63) is 39.6 Å². The average Bonchev–Trinajstić information content (AvgIpc) is 3.07. The van der Waals surface area contributed by atoms with Gasteiger partial charge in [0.15, 0.2) is 11.5 Å². The molecule has 0 spiro atoms. The molecule has 25 heavy (non-hydrogen) atoms. The highest BCUT2D eigenvalue weighted by Crippen LogP contribution is 2.43. The molecule has 0 saturated carbocycles. The van der Waals surface area contributed by atoms with E-state index in [1.54, 1.807) is 21.3 Å². The van der Waals surface area contributed by atoms with Gasteiger partial charge in [-0.1, -0.05) is 0 Å². The molecule has 1 saturated heterocycles. The minimum Gasteiger partial charge on any atom is -0.493 e. The van der Waals surface area contributed by atoms with E-state index >= 15 is 0 Å². The quantitative estimate of drug-likeness (QED) is 0.855. The highest BCUT2D eigenvalue weighted by atomic mass is 32.1. The maximum absolute atomic E-state index is 5.57. The summed E-state index contributed by atoms with van der Waals surface area (Å²) in [5.74, 6) is 2.03. The largest absolute Gasteiger partial charge is 0.493 e. The second kappa shape index (κ2) is 8.08. The fourth-order valence-corrected chi connectivity index (χ4v) is 4.41. The van der Waals surface area contributed by atoms with Crippen LogP contribution in [-0.4, -0.2) is 52.4 Å². The number of hydrogen-bond acceptors (Lipinski definition) is 6. The summed E-state index contributed by atoms with van der Waals surface area (Å²) >= 11 is 1.81. The Bertz CT molecular complexity index is 685. The fourth-order valence-electron chi connectivity index (χ4n) is 3.35. The molecule has 2 heterocycles. The molecule has 1 aromatic carbocycles. The molecule has 5 nitrogen and oxygen atoms in total. The first-order valence-electron chi connectivity index (χ1n) is 8.47. The van der Waals surface area contributed by atoms with Crippen molar-refractivity contribution in [3.8, 4) is 17.2 Å². The Labute approximate surface area is 153 Å². The fraction of sp³-hybridized carbons (Fsp3) is 0.474. The third kappa shape index (κ3) is 3.76. The molecule has 2 aromatic rings. The van der Waals surface area contributed by atoms with E-state index in [9.17, 15) is 0 Å². The molecule has 0 aliphatic carbocycles. The van der Waals surface area contributed by atoms with Crippen molar-refractivity contribution in [2.75, 3.05) is 47.5 Å². The van der Waals surface area contributed by atoms with Gasteiger partial charge in [-0.3, -0.25) is 4.90 Å². The van der Waals surface area contributed by atoms with Crippen molar-refractivity contribution >= 4 is 11.3 Å². The number of nitrogens with zero attached hydrogens (tertiary/aromatic N) is 1. The highest BCUT2D eigenvalue weighted by molar-refractivity contribution is 7.10. The molecule has 1 unspecified atom stereocenters. The van der Waals surface area contributed by atoms with Crippen LogP contribution in [-0.2, 0) is 0 Å². The van der Waals surface area contributed by atoms with Crippen LogP contribution in [0.1, 0.15) is 22.0 Å². The minimum absolute atomic E-state index is 0.189. The predicted molar refractivity (Wildman–Crippen MR) is 101 cm³/mol. The number of methoxy groups -OCH3 is 3. The van der Waals surface area contributed by atoms with Gasteiger partial charge in [-0.25, -0.2) is 0 Å². The zero-order chi connectivity index (χ0) is 17.8. The Morgan fingerprint density at radius 2 is 1.64 bits per heavy atom. The first-order valence-corrected chi connectivity index (χ1v) is 9.35. The SMILES string of the molecule is COc1cc(C(c2cc(C)cs2)N2CCNCC2)cc(OC)c1OC. The van der Waals surface area contributed by atoms with Crippen LogP contribution < -0.4 is 19.5 Å². The van der Waals surface area contributed by atoms with Crippen LogP contribution in [0.3, 0.4) is 0 Å². The molecule has 0 radical (unpaired) electrons. The lowest BCUT2D eigenvalue weighted by atomic mass is 10.0. The molecule has 1 aliphatic heterocycles. The molecule has 0 amide bonds. The third-order valence-electron chi connectivity index (χ3n) is 4.54. The van der Waals surface area contributed by atoms with Gasteiger partial charge in [0, 0.05) is 31.1 Å². The number of nitrogens with one attached hydrogen (secondary N) is 1. The summed E-state index contributed by atoms with van der Waals surface area (Å²) in [7, 11) is 4.96. The van der Waals surface area contributed by atoms with Crippen molar-refractivity contribution in [1.82, 2.24) is 10.2 Å². The van der Waals surface area contributed by atoms with Gasteiger partial charge in [-0.05, 0) is 41.6 Å². The van der Waals surface area contributed by atoms with Gasteiger partial charge >= 0.3 is 0 Å². The molecule has 3 rings (SSSR count). The molecule has 1 N–H and O–H groups in total. The summed E-state index contributed by atoms with van der Waals surface area (Å²) < 4.78 is 16.6. The number of thiophene rings is 1. The van der Waals surface area contributed by atoms with Crippen molar-refractivity contribution in [1.29, 1.82) is 0 Å². The normalized spacial score (nSPS) is 16.5. The van der Waals surface area contributed by atoms with E-state index in [-0.39, 0.29) is 6.04 Å². The van der Waals surface area contributed by atoms with E-state index in [0.717, 1.165) is 26.2 Å². The molecule has 136 valence electrons. The van der Waals surface area contributed by atoms with Crippen molar-refractivity contribution < 1.29 is 14.2 Å². The molecule has 0 bridgehead atoms. The summed E-state index contributed by atoms with van der Waals surface area (Å²) in [6.45, 7) is 6.18. The molecule has 1 aromatic heterocycles. The van der Waals surface area contributed by atoms with Gasteiger partial charge in [-0.2, -0.15) is 0 Å². The van der Waals surface area contributed by atoms with Crippen LogP contribution in [0.25, 0.3) is 0 Å². The van der Waals surface area contributed by atoms with Crippen LogP contribution in [0.2, 0.25) is 0 Å². The Morgan fingerprint density at radius 1 is 1.00 bits per heavy atom. The lowest BCUT2D eigenvalue weighted by Gasteiger charge is -2.35. The molecular weight excluding hydrogens is 336 g/mol. The second-order valence-corrected chi connectivity index (χ2v) is 7.12. The standard InChI is InChI=1S/C19H26N2O3S/c1-13-9-17(25-12-13)18(21-7-5-20-6-8-21)14-10-15(22-2)19(24-4)16(11-14)23-3/h9-12,18,20H,5-8H2,1-4H3. The van der Waals surface area contributed by atoms with Gasteiger partial charge in [0.2, 0.25) is 5.75 Å². The topological polar surface area (TPSA) is 43.0 Å². The average molecular weight is 362 g/mol. The van der Waals surface area contributed by atoms with Crippen molar-refractivity contribution in [3.63, 3.8) is 0 Å². The number of ether oxygens (including phenoxy) is 3. The molecule has 1 atom stereocenters. The van der Waals surface area contributed by atoms with Crippen LogP contribution in [0, 0.1) is 6.92 Å². The van der Waals surface area contributed by atoms with Crippen LogP contribution in [0.15, 0.2) is 23.6 Å². The highest BCUT2D eigenvalue weighted by Gasteiger charge is 2.27. The van der Waals surface area contributed by atoms with E-state index in [1.807, 2.05) is 11.3 Å². The predicted octanol–water partition coefficient (Wildman–Crippen LogP) is 3.08. The van der Waals surface area contributed by atoms with Gasteiger partial charge < -0.3 is 19.5 Å². The number of rotatable bonds is 6. The van der Waals surface area contributed by atoms with Crippen LogP contribution in [0.5, 0.6) is 17.2 Å². The first-order chi connectivity index (χ1) is 12.2. The number of piperazine rings is 1. The molecule has 1 aliphatic rings. The van der Waals surface area contributed by atoms with Crippen molar-refractivity contribution in [2.24, 2.45) is 0 Å². The number of aryl methyl sites for hydroxylation is 1. The molecular formula is C19H26N2O3S. The maximum atomic E-state index is 5.57. The lowest BCUT2D eigenvalue weighted by Crippen LogP contribution is -2.45. The monoisotopic (exact) mass is 362 g/mol. The maximum Gasteiger partial charge on any atom is 0.203 e. The number of benzene rings is 1. The minimum atomic E-state index is 0.189. The zero-order valence-corrected chi connectivity index (χ0v) is 16.1. The van der Waals surface area contributed by atoms with Crippen LogP contribution in [0.4, 0.5) is 0 Å². The summed E-state index contributed by atoms with van der Waals surface area (Å²) in [4.78, 5) is 3.86. The van der Waals surface area contributed by atoms with E-state index < -0.39 is 0 Å². The molecule has 1 fully saturated rings. The first kappa shape index (κ1) is 18.0. The molecule has 6 heteroatoms. The summed E-state index contributed by atoms with van der Waals surface area (Å²) in [6, 6.07) is 6.61. The van der Waals surface area contributed by atoms with Gasteiger partial charge in [0.25, 0.3) is 0 Å². The Kier molecular flexibility index (Phi) is 5.83. The summed E-state index contributed by atoms with van der Waals surface area (Å²) in [5, 5.41) is 5.64. The summed E-state index contributed by atoms with van der Waals surface area (Å²) in [6.07, 6.45) is 0. The lowest BCUT2D eigenvalue weighted by molar-refractivity contribution is 0.200. The van der Waals surface area contributed by atoms with Gasteiger partial charge in [0.05, 0.1) is 27.4 Å². The van der Waals surface area contributed by atoms with Gasteiger partial charge in [-0.15, -0.1) is 11.3 Å².